The summed E-state index contributed by atoms with van der Waals surface area (Å²) < 4.78 is 1.16. The second kappa shape index (κ2) is 5.26. The van der Waals surface area contributed by atoms with Gasteiger partial charge in [-0.25, -0.2) is 0 Å². The van der Waals surface area contributed by atoms with Gasteiger partial charge in [0.1, 0.15) is 0 Å². The van der Waals surface area contributed by atoms with Gasteiger partial charge in [-0.1, -0.05) is 26.7 Å². The third-order valence-electron chi connectivity index (χ3n) is 3.64. The van der Waals surface area contributed by atoms with E-state index in [-0.39, 0.29) is 11.3 Å². The number of carbonyl (C=O) groups is 1. The number of amides is 1. The lowest BCUT2D eigenvalue weighted by Gasteiger charge is -2.39. The third-order valence-corrected chi connectivity index (χ3v) is 5.43. The van der Waals surface area contributed by atoms with Gasteiger partial charge in [0.05, 0.1) is 8.45 Å². The van der Waals surface area contributed by atoms with Gasteiger partial charge in [0.2, 0.25) is 0 Å². The van der Waals surface area contributed by atoms with Crippen molar-refractivity contribution in [1.29, 1.82) is 0 Å². The average Bonchev–Trinajstić information content (AvgIpc) is 2.68. The number of thiophene rings is 1. The van der Waals surface area contributed by atoms with Gasteiger partial charge in [-0.05, 0) is 46.9 Å². The number of hydrogen-bond acceptors (Lipinski definition) is 2. The van der Waals surface area contributed by atoms with E-state index in [0.29, 0.717) is 6.04 Å². The molecule has 1 N–H and O–H groups in total. The van der Waals surface area contributed by atoms with Crippen LogP contribution in [0, 0.1) is 8.30 Å². The first-order valence-corrected chi connectivity index (χ1v) is 8.00. The van der Waals surface area contributed by atoms with Crippen LogP contribution in [0.15, 0.2) is 11.4 Å². The molecule has 1 saturated carbocycles. The zero-order chi connectivity index (χ0) is 12.5. The van der Waals surface area contributed by atoms with Gasteiger partial charge in [-0.2, -0.15) is 0 Å². The Morgan fingerprint density at radius 3 is 2.88 bits per heavy atom. The van der Waals surface area contributed by atoms with Crippen molar-refractivity contribution in [1.82, 2.24) is 5.32 Å². The maximum absolute atomic E-state index is 12.1. The summed E-state index contributed by atoms with van der Waals surface area (Å²) in [6.07, 6.45) is 4.84. The van der Waals surface area contributed by atoms with E-state index >= 15 is 0 Å². The molecule has 1 aromatic heterocycles. The summed E-state index contributed by atoms with van der Waals surface area (Å²) in [5, 5.41) is 5.14. The molecule has 17 heavy (non-hydrogen) atoms. The van der Waals surface area contributed by atoms with Crippen molar-refractivity contribution in [2.45, 2.75) is 45.6 Å². The summed E-state index contributed by atoms with van der Waals surface area (Å²) in [5.74, 6) is 0.0872. The van der Waals surface area contributed by atoms with Gasteiger partial charge in [0.25, 0.3) is 5.91 Å². The Morgan fingerprint density at radius 1 is 1.53 bits per heavy atom. The zero-order valence-electron chi connectivity index (χ0n) is 10.3. The van der Waals surface area contributed by atoms with E-state index in [1.54, 1.807) is 11.3 Å². The summed E-state index contributed by atoms with van der Waals surface area (Å²) >= 11 is 3.87. The molecule has 4 heteroatoms. The fourth-order valence-corrected chi connectivity index (χ4v) is 3.76. The summed E-state index contributed by atoms with van der Waals surface area (Å²) in [5.41, 5.74) is 1.04. The van der Waals surface area contributed by atoms with Crippen molar-refractivity contribution in [3.8, 4) is 0 Å². The minimum absolute atomic E-state index is 0.0872. The molecule has 0 bridgehead atoms. The van der Waals surface area contributed by atoms with Gasteiger partial charge in [0, 0.05) is 11.4 Å². The quantitative estimate of drug-likeness (QED) is 0.790. The highest BCUT2D eigenvalue weighted by Crippen LogP contribution is 2.35. The predicted octanol–water partition coefficient (Wildman–Crippen LogP) is 4.05. The number of carbonyl (C=O) groups excluding carboxylic acids is 1. The molecule has 1 fully saturated rings. The maximum Gasteiger partial charge on any atom is 0.252 e. The summed E-state index contributed by atoms with van der Waals surface area (Å²) in [6.45, 7) is 4.52. The molecule has 0 aromatic carbocycles. The van der Waals surface area contributed by atoms with E-state index in [4.69, 9.17) is 0 Å². The van der Waals surface area contributed by atoms with E-state index in [1.807, 2.05) is 11.4 Å². The van der Waals surface area contributed by atoms with Crippen molar-refractivity contribution in [3.05, 3.63) is 19.9 Å². The molecular weight excluding hydrogens is 345 g/mol. The van der Waals surface area contributed by atoms with Crippen LogP contribution in [0.4, 0.5) is 0 Å². The molecule has 1 heterocycles. The van der Waals surface area contributed by atoms with Crippen molar-refractivity contribution >= 4 is 39.8 Å². The largest absolute Gasteiger partial charge is 0.349 e. The van der Waals surface area contributed by atoms with E-state index < -0.39 is 0 Å². The van der Waals surface area contributed by atoms with Gasteiger partial charge in [-0.3, -0.25) is 4.79 Å². The summed E-state index contributed by atoms with van der Waals surface area (Å²) in [7, 11) is 0. The van der Waals surface area contributed by atoms with Crippen LogP contribution in [0.25, 0.3) is 0 Å². The van der Waals surface area contributed by atoms with Crippen molar-refractivity contribution in [2.75, 3.05) is 0 Å². The van der Waals surface area contributed by atoms with Crippen molar-refractivity contribution in [3.63, 3.8) is 0 Å². The second-order valence-electron chi connectivity index (χ2n) is 5.40. The number of nitrogens with one attached hydrogen (secondary N) is 1. The normalized spacial score (nSPS) is 23.4. The molecule has 2 nitrogen and oxygen atoms in total. The molecule has 0 radical (unpaired) electrons. The molecule has 1 amide bonds. The molecule has 0 spiro atoms. The van der Waals surface area contributed by atoms with Crippen LogP contribution in [0.5, 0.6) is 0 Å². The lowest BCUT2D eigenvalue weighted by molar-refractivity contribution is 0.0854. The van der Waals surface area contributed by atoms with Crippen LogP contribution in [0.1, 0.15) is 49.9 Å². The topological polar surface area (TPSA) is 29.1 Å². The molecule has 1 aromatic rings. The van der Waals surface area contributed by atoms with Gasteiger partial charge in [-0.15, -0.1) is 11.3 Å². The lowest BCUT2D eigenvalue weighted by Crippen LogP contribution is -2.46. The number of rotatable bonds is 2. The van der Waals surface area contributed by atoms with Crippen LogP contribution in [-0.2, 0) is 0 Å². The average molecular weight is 363 g/mol. The van der Waals surface area contributed by atoms with Crippen molar-refractivity contribution < 1.29 is 4.79 Å². The SMILES string of the molecule is CC1(C)CCCCC1NC(=O)c1csc(I)c1. The molecule has 2 rings (SSSR count). The molecular formula is C13H18INOS. The maximum atomic E-state index is 12.1. The van der Waals surface area contributed by atoms with Crippen molar-refractivity contribution in [2.24, 2.45) is 5.41 Å². The zero-order valence-corrected chi connectivity index (χ0v) is 13.2. The van der Waals surface area contributed by atoms with Gasteiger partial charge >= 0.3 is 0 Å². The second-order valence-corrected chi connectivity index (χ2v) is 8.21. The number of halogens is 1. The smallest absolute Gasteiger partial charge is 0.252 e. The first-order chi connectivity index (χ1) is 7.99. The Kier molecular flexibility index (Phi) is 4.13. The Labute approximate surface area is 120 Å². The van der Waals surface area contributed by atoms with E-state index in [0.717, 1.165) is 14.9 Å². The standard InChI is InChI=1S/C13H18INOS/c1-13(2)6-4-3-5-10(13)15-12(16)9-7-11(14)17-8-9/h7-8,10H,3-6H2,1-2H3,(H,15,16). The third kappa shape index (κ3) is 3.22. The Morgan fingerprint density at radius 2 is 2.29 bits per heavy atom. The molecule has 94 valence electrons. The Bertz CT molecular complexity index is 413. The minimum Gasteiger partial charge on any atom is -0.349 e. The molecule has 1 aliphatic carbocycles. The summed E-state index contributed by atoms with van der Waals surface area (Å²) in [6, 6.07) is 2.28. The molecule has 1 aliphatic rings. The van der Waals surface area contributed by atoms with Gasteiger partial charge < -0.3 is 5.32 Å². The molecule has 0 aliphatic heterocycles. The Balaban J connectivity index is 2.03. The van der Waals surface area contributed by atoms with Crippen LogP contribution < -0.4 is 5.32 Å². The first-order valence-electron chi connectivity index (χ1n) is 6.04. The highest BCUT2D eigenvalue weighted by atomic mass is 127. The monoisotopic (exact) mass is 363 g/mol. The van der Waals surface area contributed by atoms with E-state index in [9.17, 15) is 4.79 Å². The fraction of sp³-hybridized carbons (Fsp3) is 0.615. The fourth-order valence-electron chi connectivity index (χ4n) is 2.43. The summed E-state index contributed by atoms with van der Waals surface area (Å²) in [4.78, 5) is 12.1. The lowest BCUT2D eigenvalue weighted by atomic mass is 9.73. The minimum atomic E-state index is 0.0872. The molecule has 1 atom stereocenters. The molecule has 1 unspecified atom stereocenters. The van der Waals surface area contributed by atoms with Crippen LogP contribution >= 0.6 is 33.9 Å². The Hall–Kier alpha value is -0.100. The van der Waals surface area contributed by atoms with Gasteiger partial charge in [0.15, 0.2) is 0 Å². The highest BCUT2D eigenvalue weighted by molar-refractivity contribution is 14.1. The predicted molar refractivity (Wildman–Crippen MR) is 80.5 cm³/mol. The van der Waals surface area contributed by atoms with E-state index in [2.05, 4.69) is 41.8 Å². The van der Waals surface area contributed by atoms with Crippen LogP contribution in [0.2, 0.25) is 0 Å². The van der Waals surface area contributed by atoms with Crippen LogP contribution in [-0.4, -0.2) is 11.9 Å². The van der Waals surface area contributed by atoms with Crippen LogP contribution in [0.3, 0.4) is 0 Å². The number of hydrogen-bond donors (Lipinski definition) is 1. The molecule has 0 saturated heterocycles. The first kappa shape index (κ1) is 13.3. The van der Waals surface area contributed by atoms with E-state index in [1.165, 1.54) is 19.3 Å². The highest BCUT2D eigenvalue weighted by Gasteiger charge is 2.33.